The summed E-state index contributed by atoms with van der Waals surface area (Å²) in [6.07, 6.45) is 0.713. The van der Waals surface area contributed by atoms with Gasteiger partial charge in [-0.05, 0) is 35.9 Å². The highest BCUT2D eigenvalue weighted by molar-refractivity contribution is 5.74. The van der Waals surface area contributed by atoms with Crippen LogP contribution in [0.2, 0.25) is 0 Å². The summed E-state index contributed by atoms with van der Waals surface area (Å²) >= 11 is 0. The first-order valence-corrected chi connectivity index (χ1v) is 5.97. The van der Waals surface area contributed by atoms with E-state index in [1.165, 1.54) is 5.56 Å². The number of hydrogen-bond acceptors (Lipinski definition) is 1. The summed E-state index contributed by atoms with van der Waals surface area (Å²) in [6, 6.07) is 7.62. The lowest BCUT2D eigenvalue weighted by atomic mass is 9.99. The van der Waals surface area contributed by atoms with Gasteiger partial charge < -0.3 is 5.32 Å². The minimum absolute atomic E-state index is 0.0621. The van der Waals surface area contributed by atoms with E-state index in [0.29, 0.717) is 12.3 Å². The van der Waals surface area contributed by atoms with Gasteiger partial charge in [-0.25, -0.2) is 0 Å². The third kappa shape index (κ3) is 4.47. The molecule has 2 amide bonds. The molecule has 5 heteroatoms. The maximum atomic E-state index is 11.1. The summed E-state index contributed by atoms with van der Waals surface area (Å²) in [7, 11) is 0. The molecule has 0 aliphatic rings. The first-order chi connectivity index (χ1) is 8.52. The molecule has 0 fully saturated rings. The summed E-state index contributed by atoms with van der Waals surface area (Å²) in [5.74, 6) is 0.515. The van der Waals surface area contributed by atoms with Crippen LogP contribution in [-0.4, -0.2) is 12.1 Å². The highest BCUT2D eigenvalue weighted by Crippen LogP contribution is 2.15. The first-order valence-electron chi connectivity index (χ1n) is 5.97. The van der Waals surface area contributed by atoms with Gasteiger partial charge in [0.25, 0.3) is 0 Å². The Bertz CT molecular complexity index is 447. The van der Waals surface area contributed by atoms with Crippen molar-refractivity contribution in [3.8, 4) is 0 Å². The van der Waals surface area contributed by atoms with E-state index in [4.69, 9.17) is 5.53 Å². The second kappa shape index (κ2) is 6.67. The zero-order chi connectivity index (χ0) is 13.5. The lowest BCUT2D eigenvalue weighted by Crippen LogP contribution is -2.31. The van der Waals surface area contributed by atoms with E-state index in [1.54, 1.807) is 0 Å². The van der Waals surface area contributed by atoms with Gasteiger partial charge in [0, 0.05) is 16.1 Å². The molecule has 18 heavy (non-hydrogen) atoms. The Morgan fingerprint density at radius 3 is 2.44 bits per heavy atom. The van der Waals surface area contributed by atoms with Crippen LogP contribution in [0, 0.1) is 0 Å². The molecule has 0 spiro atoms. The molecule has 0 aliphatic heterocycles. The number of carbonyl (C=O) groups is 1. The van der Waals surface area contributed by atoms with Crippen molar-refractivity contribution in [3.05, 3.63) is 45.8 Å². The fraction of sp³-hybridized carbons (Fsp3) is 0.462. The number of nitrogens with one attached hydrogen (secondary N) is 1. The Balaban J connectivity index is 2.56. The molecule has 1 aromatic carbocycles. The predicted molar refractivity (Wildman–Crippen MR) is 71.4 cm³/mol. The molecule has 0 aliphatic carbocycles. The van der Waals surface area contributed by atoms with Crippen molar-refractivity contribution in [2.24, 2.45) is 5.11 Å². The van der Waals surface area contributed by atoms with Crippen LogP contribution in [0.25, 0.3) is 10.4 Å². The summed E-state index contributed by atoms with van der Waals surface area (Å²) in [4.78, 5) is 13.5. The Kier molecular flexibility index (Phi) is 5.21. The van der Waals surface area contributed by atoms with Gasteiger partial charge in [-0.15, -0.1) is 0 Å². The standard InChI is InChI=1S/C13H18N4O/c1-9(2)12-6-4-11(5-7-12)8-10(3)15-13(18)16-17-14/h4-7,9-10H,8H2,1-3H3,(H,15,18)/t10-/m1/s1. The Labute approximate surface area is 107 Å². The SMILES string of the molecule is CC(C)c1ccc(C[C@@H](C)NC(=O)N=[N+]=[N-])cc1. The predicted octanol–water partition coefficient (Wildman–Crippen LogP) is 3.76. The zero-order valence-corrected chi connectivity index (χ0v) is 10.9. The van der Waals surface area contributed by atoms with Crippen LogP contribution in [0.15, 0.2) is 29.4 Å². The normalized spacial score (nSPS) is 11.8. The van der Waals surface area contributed by atoms with E-state index < -0.39 is 6.03 Å². The maximum absolute atomic E-state index is 11.1. The van der Waals surface area contributed by atoms with Gasteiger partial charge in [0.05, 0.1) is 0 Å². The van der Waals surface area contributed by atoms with Gasteiger partial charge in [0.2, 0.25) is 0 Å². The van der Waals surface area contributed by atoms with Crippen molar-refractivity contribution < 1.29 is 4.79 Å². The van der Waals surface area contributed by atoms with Crippen LogP contribution < -0.4 is 5.32 Å². The van der Waals surface area contributed by atoms with Crippen LogP contribution in [0.4, 0.5) is 4.79 Å². The number of amides is 2. The molecule has 1 atom stereocenters. The number of benzene rings is 1. The summed E-state index contributed by atoms with van der Waals surface area (Å²) in [5.41, 5.74) is 10.6. The molecule has 5 nitrogen and oxygen atoms in total. The molecule has 0 saturated carbocycles. The van der Waals surface area contributed by atoms with Gasteiger partial charge in [-0.1, -0.05) is 38.1 Å². The molecule has 0 heterocycles. The minimum Gasteiger partial charge on any atom is -0.348 e. The van der Waals surface area contributed by atoms with Crippen LogP contribution in [0.1, 0.15) is 37.8 Å². The molecule has 1 rings (SSSR count). The third-order valence-corrected chi connectivity index (χ3v) is 2.69. The van der Waals surface area contributed by atoms with Crippen LogP contribution >= 0.6 is 0 Å². The fourth-order valence-electron chi connectivity index (χ4n) is 1.72. The van der Waals surface area contributed by atoms with E-state index in [0.717, 1.165) is 5.56 Å². The highest BCUT2D eigenvalue weighted by atomic mass is 16.2. The smallest absolute Gasteiger partial charge is 0.308 e. The zero-order valence-electron chi connectivity index (χ0n) is 10.9. The molecule has 0 aromatic heterocycles. The average molecular weight is 246 g/mol. The number of hydrogen-bond donors (Lipinski definition) is 1. The fourth-order valence-corrected chi connectivity index (χ4v) is 1.72. The van der Waals surface area contributed by atoms with Crippen molar-refractivity contribution in [2.75, 3.05) is 0 Å². The van der Waals surface area contributed by atoms with Crippen molar-refractivity contribution in [1.29, 1.82) is 0 Å². The number of azide groups is 1. The lowest BCUT2D eigenvalue weighted by Gasteiger charge is -2.13. The van der Waals surface area contributed by atoms with Crippen molar-refractivity contribution >= 4 is 6.03 Å². The van der Waals surface area contributed by atoms with Gasteiger partial charge in [0.1, 0.15) is 0 Å². The number of carbonyl (C=O) groups excluding carboxylic acids is 1. The number of nitrogens with zero attached hydrogens (tertiary/aromatic N) is 3. The summed E-state index contributed by atoms with van der Waals surface area (Å²) in [6.45, 7) is 6.18. The van der Waals surface area contributed by atoms with E-state index >= 15 is 0 Å². The highest BCUT2D eigenvalue weighted by Gasteiger charge is 2.07. The van der Waals surface area contributed by atoms with Crippen molar-refractivity contribution in [1.82, 2.24) is 5.32 Å². The van der Waals surface area contributed by atoms with Crippen LogP contribution in [0.5, 0.6) is 0 Å². The topological polar surface area (TPSA) is 77.9 Å². The maximum Gasteiger partial charge on any atom is 0.308 e. The molecule has 0 radical (unpaired) electrons. The molecule has 1 N–H and O–H groups in total. The monoisotopic (exact) mass is 246 g/mol. The third-order valence-electron chi connectivity index (χ3n) is 2.69. The van der Waals surface area contributed by atoms with Gasteiger partial charge in [-0.2, -0.15) is 0 Å². The van der Waals surface area contributed by atoms with Gasteiger partial charge in [-0.3, -0.25) is 4.79 Å². The first kappa shape index (κ1) is 14.1. The Morgan fingerprint density at radius 1 is 1.33 bits per heavy atom. The van der Waals surface area contributed by atoms with E-state index in [9.17, 15) is 4.79 Å². The quantitative estimate of drug-likeness (QED) is 0.490. The molecule has 1 aromatic rings. The van der Waals surface area contributed by atoms with Crippen LogP contribution in [0.3, 0.4) is 0 Å². The molecule has 0 bridgehead atoms. The van der Waals surface area contributed by atoms with Gasteiger partial charge in [0.15, 0.2) is 0 Å². The number of rotatable bonds is 4. The Hall–Kier alpha value is -2.00. The molecule has 96 valence electrons. The van der Waals surface area contributed by atoms with E-state index in [1.807, 2.05) is 6.92 Å². The molecule has 0 saturated heterocycles. The van der Waals surface area contributed by atoms with Crippen LogP contribution in [-0.2, 0) is 6.42 Å². The van der Waals surface area contributed by atoms with Crippen molar-refractivity contribution in [2.45, 2.75) is 39.2 Å². The molecular formula is C13H18N4O. The lowest BCUT2D eigenvalue weighted by molar-refractivity contribution is 0.246. The molecular weight excluding hydrogens is 228 g/mol. The van der Waals surface area contributed by atoms with Gasteiger partial charge >= 0.3 is 6.03 Å². The molecule has 0 unspecified atom stereocenters. The average Bonchev–Trinajstić information content (AvgIpc) is 2.29. The number of urea groups is 1. The van der Waals surface area contributed by atoms with E-state index in [-0.39, 0.29) is 6.04 Å². The summed E-state index contributed by atoms with van der Waals surface area (Å²) in [5, 5.41) is 5.58. The largest absolute Gasteiger partial charge is 0.348 e. The van der Waals surface area contributed by atoms with Crippen molar-refractivity contribution in [3.63, 3.8) is 0 Å². The Morgan fingerprint density at radius 2 is 1.94 bits per heavy atom. The second-order valence-electron chi connectivity index (χ2n) is 4.64. The summed E-state index contributed by atoms with van der Waals surface area (Å²) < 4.78 is 0. The second-order valence-corrected chi connectivity index (χ2v) is 4.64. The minimum atomic E-state index is -0.635. The van der Waals surface area contributed by atoms with E-state index in [2.05, 4.69) is 53.5 Å².